The summed E-state index contributed by atoms with van der Waals surface area (Å²) in [7, 11) is 0. The summed E-state index contributed by atoms with van der Waals surface area (Å²) < 4.78 is 36.8. The Morgan fingerprint density at radius 2 is 1.89 bits per heavy atom. The van der Waals surface area contributed by atoms with E-state index in [1.165, 1.54) is 6.07 Å². The lowest BCUT2D eigenvalue weighted by molar-refractivity contribution is -0.135. The summed E-state index contributed by atoms with van der Waals surface area (Å²) in [5.41, 5.74) is 9.54. The molecule has 1 aromatic carbocycles. The molecule has 37 heavy (non-hydrogen) atoms. The number of allylic oxidation sites excluding steroid dienone is 2. The molecule has 0 unspecified atom stereocenters. The first-order valence-corrected chi connectivity index (χ1v) is 13.2. The molecule has 7 nitrogen and oxygen atoms in total. The van der Waals surface area contributed by atoms with Gasteiger partial charge in [0.15, 0.2) is 0 Å². The van der Waals surface area contributed by atoms with Crippen LogP contribution in [0.4, 0.5) is 8.78 Å². The molecular weight excluding hydrogens is 502 g/mol. The minimum atomic E-state index is -2.88. The highest BCUT2D eigenvalue weighted by Gasteiger charge is 2.38. The zero-order valence-corrected chi connectivity index (χ0v) is 23.3. The highest BCUT2D eigenvalue weighted by Crippen LogP contribution is 2.36. The largest absolute Gasteiger partial charge is 0.378 e. The van der Waals surface area contributed by atoms with E-state index in [1.54, 1.807) is 12.1 Å². The van der Waals surface area contributed by atoms with Gasteiger partial charge in [-0.2, -0.15) is 8.78 Å². The van der Waals surface area contributed by atoms with Crippen LogP contribution in [0.3, 0.4) is 0 Å². The number of amides is 1. The van der Waals surface area contributed by atoms with E-state index >= 15 is 0 Å². The topological polar surface area (TPSA) is 89.5 Å². The standard InChI is InChI=1S/C15H24ClN3O2.C10H11F2NO.C2H6/c1-4-13(12(2)17-3)14(18-11-16)5-6-15(20)19-7-9-21-10-8-19;11-10(12)6-14-5-8-7(4-13)2-1-3-9(8)10;1-2/h3-11H2,1-2H3;1-3H,4-6,13H2;1-2H3/b13-12-,18-14-;;. The van der Waals surface area contributed by atoms with Crippen molar-refractivity contribution < 1.29 is 23.0 Å². The molecule has 2 N–H and O–H groups in total. The molecule has 2 heterocycles. The van der Waals surface area contributed by atoms with Crippen LogP contribution < -0.4 is 5.73 Å². The van der Waals surface area contributed by atoms with Gasteiger partial charge in [-0.05, 0) is 43.2 Å². The molecule has 1 fully saturated rings. The van der Waals surface area contributed by atoms with E-state index < -0.39 is 12.5 Å². The smallest absolute Gasteiger partial charge is 0.296 e. The summed E-state index contributed by atoms with van der Waals surface area (Å²) in [6.45, 7) is 14.0. The molecule has 10 heteroatoms. The third-order valence-corrected chi connectivity index (χ3v) is 6.10. The molecular formula is C27H41ClF2N4O3. The van der Waals surface area contributed by atoms with Crippen molar-refractivity contribution in [2.24, 2.45) is 15.7 Å². The van der Waals surface area contributed by atoms with Gasteiger partial charge in [0.05, 0.1) is 19.8 Å². The van der Waals surface area contributed by atoms with Crippen molar-refractivity contribution in [3.8, 4) is 0 Å². The van der Waals surface area contributed by atoms with Crippen molar-refractivity contribution >= 4 is 29.9 Å². The molecule has 2 aliphatic heterocycles. The number of nitrogens with zero attached hydrogens (tertiary/aromatic N) is 3. The Morgan fingerprint density at radius 3 is 2.46 bits per heavy atom. The van der Waals surface area contributed by atoms with E-state index in [9.17, 15) is 13.6 Å². The van der Waals surface area contributed by atoms with Crippen LogP contribution in [0.1, 0.15) is 63.6 Å². The fourth-order valence-electron chi connectivity index (χ4n) is 4.06. The van der Waals surface area contributed by atoms with Gasteiger partial charge in [0.25, 0.3) is 5.92 Å². The number of nitrogens with two attached hydrogens (primary N) is 1. The Morgan fingerprint density at radius 1 is 1.22 bits per heavy atom. The van der Waals surface area contributed by atoms with Crippen LogP contribution >= 0.6 is 11.6 Å². The first kappa shape index (κ1) is 32.8. The van der Waals surface area contributed by atoms with Crippen LogP contribution in [0, 0.1) is 0 Å². The van der Waals surface area contributed by atoms with Crippen LogP contribution in [0.2, 0.25) is 0 Å². The van der Waals surface area contributed by atoms with Gasteiger partial charge in [0, 0.05) is 43.0 Å². The Labute approximate surface area is 224 Å². The second kappa shape index (κ2) is 17.3. The lowest BCUT2D eigenvalue weighted by Gasteiger charge is -2.27. The van der Waals surface area contributed by atoms with Crippen molar-refractivity contribution in [1.29, 1.82) is 0 Å². The quantitative estimate of drug-likeness (QED) is 0.269. The van der Waals surface area contributed by atoms with E-state index in [0.717, 1.165) is 29.0 Å². The number of fused-ring (bicyclic) bond motifs is 1. The van der Waals surface area contributed by atoms with Gasteiger partial charge in [-0.1, -0.05) is 39.0 Å². The Kier molecular flexibility index (Phi) is 15.4. The SMILES string of the molecule is C=N/C(C)=C(CC)\C(CCC(=O)N1CCOCC1)=N/CCl.CC.NCc1cccc2c1COCC2(F)F. The lowest BCUT2D eigenvalue weighted by atomic mass is 9.95. The molecule has 0 radical (unpaired) electrons. The molecule has 1 saturated heterocycles. The fourth-order valence-corrected chi connectivity index (χ4v) is 4.20. The average Bonchev–Trinajstić information content (AvgIpc) is 2.93. The van der Waals surface area contributed by atoms with Crippen LogP contribution in [-0.2, 0) is 33.3 Å². The maximum Gasteiger partial charge on any atom is 0.296 e. The van der Waals surface area contributed by atoms with Crippen LogP contribution in [-0.4, -0.2) is 62.2 Å². The van der Waals surface area contributed by atoms with E-state index in [4.69, 9.17) is 26.8 Å². The van der Waals surface area contributed by atoms with Crippen LogP contribution in [0.25, 0.3) is 0 Å². The molecule has 1 amide bonds. The van der Waals surface area contributed by atoms with Crippen molar-refractivity contribution in [3.63, 3.8) is 0 Å². The van der Waals surface area contributed by atoms with Crippen molar-refractivity contribution in [2.75, 3.05) is 38.9 Å². The number of rotatable bonds is 8. The number of carbonyl (C=O) groups is 1. The number of benzene rings is 1. The number of hydrogen-bond acceptors (Lipinski definition) is 6. The van der Waals surface area contributed by atoms with E-state index in [-0.39, 0.29) is 30.6 Å². The summed E-state index contributed by atoms with van der Waals surface area (Å²) in [5.74, 6) is -2.74. The molecule has 0 aromatic heterocycles. The molecule has 2 aliphatic rings. The molecule has 3 rings (SSSR count). The first-order valence-electron chi connectivity index (χ1n) is 12.7. The number of morpholine rings is 1. The highest BCUT2D eigenvalue weighted by atomic mass is 35.5. The molecule has 0 atom stereocenters. The van der Waals surface area contributed by atoms with Crippen molar-refractivity contribution in [2.45, 2.75) is 66.0 Å². The zero-order chi connectivity index (χ0) is 27.8. The number of alkyl halides is 3. The number of halogens is 3. The van der Waals surface area contributed by atoms with Crippen LogP contribution in [0.5, 0.6) is 0 Å². The fraction of sp³-hybridized carbons (Fsp3) is 0.593. The molecule has 0 bridgehead atoms. The number of carbonyl (C=O) groups excluding carboxylic acids is 1. The van der Waals surface area contributed by atoms with Gasteiger partial charge < -0.3 is 20.1 Å². The summed E-state index contributed by atoms with van der Waals surface area (Å²) >= 11 is 5.74. The van der Waals surface area contributed by atoms with Gasteiger partial charge >= 0.3 is 0 Å². The summed E-state index contributed by atoms with van der Waals surface area (Å²) in [4.78, 5) is 22.3. The zero-order valence-electron chi connectivity index (χ0n) is 22.5. The molecule has 0 saturated carbocycles. The average molecular weight is 543 g/mol. The summed E-state index contributed by atoms with van der Waals surface area (Å²) in [6.07, 6.45) is 1.81. The van der Waals surface area contributed by atoms with Gasteiger partial charge in [-0.15, -0.1) is 11.6 Å². The minimum Gasteiger partial charge on any atom is -0.378 e. The van der Waals surface area contributed by atoms with Gasteiger partial charge in [-0.3, -0.25) is 14.8 Å². The second-order valence-corrected chi connectivity index (χ2v) is 8.38. The minimum absolute atomic E-state index is 0.0618. The molecule has 208 valence electrons. The van der Waals surface area contributed by atoms with Gasteiger partial charge in [0.2, 0.25) is 5.91 Å². The highest BCUT2D eigenvalue weighted by molar-refractivity contribution is 6.18. The predicted octanol–water partition coefficient (Wildman–Crippen LogP) is 5.44. The van der Waals surface area contributed by atoms with Gasteiger partial charge in [-0.25, -0.2) is 0 Å². The van der Waals surface area contributed by atoms with E-state index in [0.29, 0.717) is 44.7 Å². The van der Waals surface area contributed by atoms with Crippen molar-refractivity contribution in [1.82, 2.24) is 4.90 Å². The number of hydrogen-bond donors (Lipinski definition) is 1. The molecule has 0 spiro atoms. The lowest BCUT2D eigenvalue weighted by Crippen LogP contribution is -2.40. The van der Waals surface area contributed by atoms with E-state index in [2.05, 4.69) is 16.7 Å². The third kappa shape index (κ3) is 9.89. The normalized spacial score (nSPS) is 17.3. The second-order valence-electron chi connectivity index (χ2n) is 8.14. The third-order valence-electron chi connectivity index (χ3n) is 5.98. The van der Waals surface area contributed by atoms with Gasteiger partial charge in [0.1, 0.15) is 12.6 Å². The molecule has 0 aliphatic carbocycles. The Hall–Kier alpha value is -2.20. The number of ether oxygens (including phenoxy) is 2. The van der Waals surface area contributed by atoms with E-state index in [1.807, 2.05) is 32.6 Å². The number of aliphatic imine (C=N–C) groups is 2. The Balaban J connectivity index is 0.000000369. The predicted molar refractivity (Wildman–Crippen MR) is 147 cm³/mol. The van der Waals surface area contributed by atoms with Crippen LogP contribution in [0.15, 0.2) is 39.5 Å². The maximum absolute atomic E-state index is 13.3. The Bertz CT molecular complexity index is 932. The summed E-state index contributed by atoms with van der Waals surface area (Å²) in [5, 5.41) is 0. The first-order chi connectivity index (χ1) is 17.8. The maximum atomic E-state index is 13.3. The molecule has 1 aromatic rings. The summed E-state index contributed by atoms with van der Waals surface area (Å²) in [6, 6.07) is 5.00. The van der Waals surface area contributed by atoms with Crippen molar-refractivity contribution in [3.05, 3.63) is 46.2 Å². The monoisotopic (exact) mass is 542 g/mol.